The van der Waals surface area contributed by atoms with Crippen molar-refractivity contribution < 1.29 is 19.4 Å². The van der Waals surface area contributed by atoms with Crippen LogP contribution in [0.4, 0.5) is 0 Å². The number of hydrogen-bond acceptors (Lipinski definition) is 3. The Bertz CT molecular complexity index is 625. The van der Waals surface area contributed by atoms with Crippen LogP contribution in [-0.2, 0) is 11.3 Å². The first-order chi connectivity index (χ1) is 9.61. The van der Waals surface area contributed by atoms with Crippen LogP contribution in [0.2, 0.25) is 5.02 Å². The summed E-state index contributed by atoms with van der Waals surface area (Å²) in [4.78, 5) is 11.2. The Morgan fingerprint density at radius 1 is 1.25 bits per heavy atom. The number of halogens is 1. The fourth-order valence-electron chi connectivity index (χ4n) is 1.76. The largest absolute Gasteiger partial charge is 0.478 e. The van der Waals surface area contributed by atoms with Gasteiger partial charge in [-0.25, -0.2) is 4.79 Å². The van der Waals surface area contributed by atoms with Gasteiger partial charge in [0.05, 0.1) is 11.6 Å². The van der Waals surface area contributed by atoms with E-state index in [2.05, 4.69) is 0 Å². The predicted octanol–water partition coefficient (Wildman–Crippen LogP) is 3.98. The topological polar surface area (TPSA) is 55.8 Å². The first-order valence-electron chi connectivity index (χ1n) is 5.89. The zero-order valence-electron chi connectivity index (χ0n) is 10.8. The number of benzene rings is 2. The third-order valence-corrected chi connectivity index (χ3v) is 2.92. The van der Waals surface area contributed by atoms with Crippen LogP contribution in [0.3, 0.4) is 0 Å². The maximum atomic E-state index is 11.2. The first-order valence-corrected chi connectivity index (χ1v) is 6.27. The van der Waals surface area contributed by atoms with Crippen LogP contribution in [0.1, 0.15) is 15.9 Å². The molecule has 0 aliphatic rings. The van der Waals surface area contributed by atoms with Gasteiger partial charge < -0.3 is 14.6 Å². The van der Waals surface area contributed by atoms with Gasteiger partial charge in [-0.15, -0.1) is 0 Å². The molecule has 0 aliphatic heterocycles. The van der Waals surface area contributed by atoms with Crippen LogP contribution in [0.15, 0.2) is 42.5 Å². The average Bonchev–Trinajstić information content (AvgIpc) is 2.41. The quantitative estimate of drug-likeness (QED) is 0.905. The van der Waals surface area contributed by atoms with Crippen molar-refractivity contribution in [2.75, 3.05) is 7.11 Å². The zero-order valence-corrected chi connectivity index (χ0v) is 11.6. The Morgan fingerprint density at radius 3 is 2.70 bits per heavy atom. The molecule has 0 aromatic heterocycles. The Hall–Kier alpha value is -2.04. The van der Waals surface area contributed by atoms with Crippen molar-refractivity contribution in [1.29, 1.82) is 0 Å². The summed E-state index contributed by atoms with van der Waals surface area (Å²) in [5.41, 5.74) is 0.948. The number of aromatic carboxylic acids is 1. The minimum absolute atomic E-state index is 0.0228. The summed E-state index contributed by atoms with van der Waals surface area (Å²) in [6, 6.07) is 11.8. The fourth-order valence-corrected chi connectivity index (χ4v) is 1.98. The summed E-state index contributed by atoms with van der Waals surface area (Å²) in [5, 5.41) is 9.40. The number of carboxylic acid groups (broad SMARTS) is 1. The van der Waals surface area contributed by atoms with E-state index in [1.807, 2.05) is 6.07 Å². The van der Waals surface area contributed by atoms with Crippen molar-refractivity contribution in [3.05, 3.63) is 58.6 Å². The van der Waals surface area contributed by atoms with Gasteiger partial charge in [-0.3, -0.25) is 0 Å². The Labute approximate surface area is 121 Å². The molecule has 104 valence electrons. The molecule has 4 nitrogen and oxygen atoms in total. The first kappa shape index (κ1) is 14.4. The Morgan fingerprint density at radius 2 is 2.00 bits per heavy atom. The minimum Gasteiger partial charge on any atom is -0.478 e. The highest BCUT2D eigenvalue weighted by Crippen LogP contribution is 2.33. The molecular formula is C15H13ClO4. The highest BCUT2D eigenvalue weighted by atomic mass is 35.5. The van der Waals surface area contributed by atoms with Crippen LogP contribution in [-0.4, -0.2) is 18.2 Å². The lowest BCUT2D eigenvalue weighted by atomic mass is 10.2. The molecule has 0 aliphatic carbocycles. The van der Waals surface area contributed by atoms with Gasteiger partial charge in [-0.1, -0.05) is 29.8 Å². The van der Waals surface area contributed by atoms with Crippen molar-refractivity contribution in [3.63, 3.8) is 0 Å². The Balaban J connectivity index is 2.34. The second-order valence-electron chi connectivity index (χ2n) is 4.10. The summed E-state index contributed by atoms with van der Waals surface area (Å²) in [5.74, 6) is -0.443. The van der Waals surface area contributed by atoms with Crippen molar-refractivity contribution >= 4 is 17.6 Å². The third kappa shape index (κ3) is 3.29. The lowest BCUT2D eigenvalue weighted by Gasteiger charge is -2.11. The van der Waals surface area contributed by atoms with E-state index in [0.717, 1.165) is 5.56 Å². The van der Waals surface area contributed by atoms with E-state index in [4.69, 9.17) is 26.2 Å². The second-order valence-corrected chi connectivity index (χ2v) is 4.51. The molecule has 20 heavy (non-hydrogen) atoms. The summed E-state index contributed by atoms with van der Waals surface area (Å²) < 4.78 is 10.7. The van der Waals surface area contributed by atoms with Gasteiger partial charge in [0.1, 0.15) is 11.3 Å². The van der Waals surface area contributed by atoms with E-state index >= 15 is 0 Å². The molecule has 0 atom stereocenters. The molecule has 2 rings (SSSR count). The number of carboxylic acids is 1. The van der Waals surface area contributed by atoms with E-state index in [9.17, 15) is 4.79 Å². The van der Waals surface area contributed by atoms with Crippen LogP contribution >= 0.6 is 11.6 Å². The molecule has 2 aromatic rings. The van der Waals surface area contributed by atoms with E-state index in [0.29, 0.717) is 12.4 Å². The molecule has 0 saturated heterocycles. The minimum atomic E-state index is -1.09. The second kappa shape index (κ2) is 6.41. The van der Waals surface area contributed by atoms with Crippen LogP contribution in [0.5, 0.6) is 11.5 Å². The third-order valence-electron chi connectivity index (χ3n) is 2.63. The van der Waals surface area contributed by atoms with Crippen molar-refractivity contribution in [2.24, 2.45) is 0 Å². The number of methoxy groups -OCH3 is 1. The molecule has 0 amide bonds. The molecule has 0 fully saturated rings. The van der Waals surface area contributed by atoms with Gasteiger partial charge in [-0.2, -0.15) is 0 Å². The number of hydrogen-bond donors (Lipinski definition) is 1. The number of carbonyl (C=O) groups is 1. The van der Waals surface area contributed by atoms with Gasteiger partial charge in [0.15, 0.2) is 5.75 Å². The van der Waals surface area contributed by atoms with Gasteiger partial charge >= 0.3 is 5.97 Å². The standard InChI is InChI=1S/C15H13ClO4/c1-19-9-10-4-2-5-11(8-10)20-14-12(15(17)18)6-3-7-13(14)16/h2-8H,9H2,1H3,(H,17,18). The smallest absolute Gasteiger partial charge is 0.339 e. The molecule has 2 aromatic carbocycles. The van der Waals surface area contributed by atoms with Crippen LogP contribution in [0.25, 0.3) is 0 Å². The highest BCUT2D eigenvalue weighted by Gasteiger charge is 2.15. The van der Waals surface area contributed by atoms with Crippen LogP contribution < -0.4 is 4.74 Å². The van der Waals surface area contributed by atoms with Gasteiger partial charge in [0.25, 0.3) is 0 Å². The SMILES string of the molecule is COCc1cccc(Oc2c(Cl)cccc2C(=O)O)c1. The molecule has 0 heterocycles. The van der Waals surface area contributed by atoms with Crippen molar-refractivity contribution in [2.45, 2.75) is 6.61 Å². The Kier molecular flexibility index (Phi) is 4.61. The molecule has 0 unspecified atom stereocenters. The molecular weight excluding hydrogens is 280 g/mol. The maximum absolute atomic E-state index is 11.2. The van der Waals surface area contributed by atoms with E-state index in [1.54, 1.807) is 37.4 Å². The summed E-state index contributed by atoms with van der Waals surface area (Å²) >= 11 is 6.01. The van der Waals surface area contributed by atoms with Gasteiger partial charge in [0, 0.05) is 7.11 Å². The normalized spacial score (nSPS) is 10.3. The van der Waals surface area contributed by atoms with E-state index < -0.39 is 5.97 Å². The summed E-state index contributed by atoms with van der Waals surface area (Å²) in [6.45, 7) is 0.450. The van der Waals surface area contributed by atoms with Crippen LogP contribution in [0, 0.1) is 0 Å². The van der Waals surface area contributed by atoms with Gasteiger partial charge in [-0.05, 0) is 29.8 Å². The molecule has 0 bridgehead atoms. The fraction of sp³-hybridized carbons (Fsp3) is 0.133. The summed E-state index contributed by atoms with van der Waals surface area (Å²) in [6.07, 6.45) is 0. The lowest BCUT2D eigenvalue weighted by Crippen LogP contribution is -2.00. The van der Waals surface area contributed by atoms with Gasteiger partial charge in [0.2, 0.25) is 0 Å². The monoisotopic (exact) mass is 292 g/mol. The molecule has 0 spiro atoms. The highest BCUT2D eigenvalue weighted by molar-refractivity contribution is 6.32. The number of rotatable bonds is 5. The number of ether oxygens (including phenoxy) is 2. The van der Waals surface area contributed by atoms with E-state index in [-0.39, 0.29) is 16.3 Å². The number of para-hydroxylation sites is 1. The predicted molar refractivity (Wildman–Crippen MR) is 75.6 cm³/mol. The molecule has 0 radical (unpaired) electrons. The van der Waals surface area contributed by atoms with E-state index in [1.165, 1.54) is 6.07 Å². The molecule has 0 saturated carbocycles. The maximum Gasteiger partial charge on any atom is 0.339 e. The zero-order chi connectivity index (χ0) is 14.5. The van der Waals surface area contributed by atoms with Crippen molar-refractivity contribution in [1.82, 2.24) is 0 Å². The average molecular weight is 293 g/mol. The summed E-state index contributed by atoms with van der Waals surface area (Å²) in [7, 11) is 1.60. The van der Waals surface area contributed by atoms with Crippen molar-refractivity contribution in [3.8, 4) is 11.5 Å². The molecule has 5 heteroatoms. The lowest BCUT2D eigenvalue weighted by molar-refractivity contribution is 0.0694. The molecule has 1 N–H and O–H groups in total.